The van der Waals surface area contributed by atoms with Gasteiger partial charge >= 0.3 is 0 Å². The SMILES string of the molecule is Cc1c(Cl)cccc1N(CC(=O)N/N=C\c1cc([N+](=O)[O-])ccc1N1CCOCC1)S(=O)(=O)c1ccccc1. The Hall–Kier alpha value is -4.00. The average Bonchev–Trinajstić information content (AvgIpc) is 2.94. The van der Waals surface area contributed by atoms with Gasteiger partial charge in [-0.2, -0.15) is 5.10 Å². The first-order valence-corrected chi connectivity index (χ1v) is 13.8. The van der Waals surface area contributed by atoms with Crippen LogP contribution in [0.1, 0.15) is 11.1 Å². The Bertz CT molecular complexity index is 1490. The van der Waals surface area contributed by atoms with Crippen molar-refractivity contribution in [2.24, 2.45) is 5.10 Å². The number of ether oxygens (including phenoxy) is 1. The van der Waals surface area contributed by atoms with E-state index in [0.29, 0.717) is 48.1 Å². The van der Waals surface area contributed by atoms with Gasteiger partial charge in [-0.1, -0.05) is 35.9 Å². The molecule has 0 atom stereocenters. The summed E-state index contributed by atoms with van der Waals surface area (Å²) in [6.45, 7) is 3.29. The smallest absolute Gasteiger partial charge is 0.270 e. The molecule has 3 aromatic rings. The Kier molecular flexibility index (Phi) is 8.79. The maximum atomic E-state index is 13.5. The summed E-state index contributed by atoms with van der Waals surface area (Å²) in [7, 11) is -4.13. The fourth-order valence-corrected chi connectivity index (χ4v) is 5.75. The number of benzene rings is 3. The van der Waals surface area contributed by atoms with Gasteiger partial charge in [-0.05, 0) is 42.8 Å². The third kappa shape index (κ3) is 6.53. The molecule has 1 fully saturated rings. The number of nitrogens with one attached hydrogen (secondary N) is 1. The molecule has 1 heterocycles. The van der Waals surface area contributed by atoms with Crippen molar-refractivity contribution in [3.05, 3.63) is 93.0 Å². The highest BCUT2D eigenvalue weighted by molar-refractivity contribution is 7.92. The van der Waals surface area contributed by atoms with E-state index in [2.05, 4.69) is 10.5 Å². The van der Waals surface area contributed by atoms with Gasteiger partial charge in [-0.15, -0.1) is 0 Å². The molecule has 0 aromatic heterocycles. The highest BCUT2D eigenvalue weighted by Crippen LogP contribution is 2.31. The van der Waals surface area contributed by atoms with Gasteiger partial charge in [0.1, 0.15) is 6.54 Å². The van der Waals surface area contributed by atoms with Crippen LogP contribution in [0.3, 0.4) is 0 Å². The summed E-state index contributed by atoms with van der Waals surface area (Å²) in [5, 5.41) is 15.7. The summed E-state index contributed by atoms with van der Waals surface area (Å²) in [5.41, 5.74) is 4.08. The molecule has 1 aliphatic rings. The molecule has 3 aromatic carbocycles. The van der Waals surface area contributed by atoms with Crippen LogP contribution in [0.4, 0.5) is 17.1 Å². The van der Waals surface area contributed by atoms with Crippen LogP contribution in [0, 0.1) is 17.0 Å². The van der Waals surface area contributed by atoms with E-state index in [9.17, 15) is 23.3 Å². The van der Waals surface area contributed by atoms with E-state index >= 15 is 0 Å². The zero-order valence-corrected chi connectivity index (χ0v) is 22.6. The fraction of sp³-hybridized carbons (Fsp3) is 0.231. The number of rotatable bonds is 9. The maximum Gasteiger partial charge on any atom is 0.270 e. The Morgan fingerprint density at radius 1 is 1.15 bits per heavy atom. The van der Waals surface area contributed by atoms with Crippen LogP contribution in [0.25, 0.3) is 0 Å². The van der Waals surface area contributed by atoms with Gasteiger partial charge in [0, 0.05) is 41.5 Å². The number of nitrogens with zero attached hydrogens (tertiary/aromatic N) is 4. The molecule has 0 unspecified atom stereocenters. The molecule has 39 heavy (non-hydrogen) atoms. The highest BCUT2D eigenvalue weighted by Gasteiger charge is 2.28. The molecule has 0 bridgehead atoms. The lowest BCUT2D eigenvalue weighted by Crippen LogP contribution is -2.40. The van der Waals surface area contributed by atoms with Gasteiger partial charge in [-0.3, -0.25) is 19.2 Å². The van der Waals surface area contributed by atoms with Crippen LogP contribution in [-0.4, -0.2) is 58.3 Å². The number of amides is 1. The third-order valence-corrected chi connectivity index (χ3v) is 8.28. The topological polar surface area (TPSA) is 134 Å². The molecule has 1 saturated heterocycles. The number of sulfonamides is 1. The molecule has 0 spiro atoms. The monoisotopic (exact) mass is 571 g/mol. The van der Waals surface area contributed by atoms with Crippen LogP contribution in [-0.2, 0) is 19.6 Å². The minimum absolute atomic E-state index is 0.00687. The van der Waals surface area contributed by atoms with Gasteiger partial charge in [0.25, 0.3) is 21.6 Å². The van der Waals surface area contributed by atoms with Crippen molar-refractivity contribution in [3.63, 3.8) is 0 Å². The number of anilines is 2. The van der Waals surface area contributed by atoms with Crippen LogP contribution in [0.2, 0.25) is 5.02 Å². The third-order valence-electron chi connectivity index (χ3n) is 6.09. The molecule has 4 rings (SSSR count). The summed E-state index contributed by atoms with van der Waals surface area (Å²) in [6, 6.07) is 16.9. The minimum atomic E-state index is -4.13. The molecular formula is C26H26ClN5O6S. The number of hydrogen-bond donors (Lipinski definition) is 1. The van der Waals surface area contributed by atoms with E-state index in [0.717, 1.165) is 4.31 Å². The van der Waals surface area contributed by atoms with Crippen molar-refractivity contribution < 1.29 is 22.9 Å². The summed E-state index contributed by atoms with van der Waals surface area (Å²) in [5.74, 6) is -0.719. The average molecular weight is 572 g/mol. The first-order valence-electron chi connectivity index (χ1n) is 11.9. The van der Waals surface area contributed by atoms with E-state index in [-0.39, 0.29) is 16.3 Å². The quantitative estimate of drug-likeness (QED) is 0.235. The summed E-state index contributed by atoms with van der Waals surface area (Å²) in [6.07, 6.45) is 1.30. The zero-order valence-electron chi connectivity index (χ0n) is 21.0. The summed E-state index contributed by atoms with van der Waals surface area (Å²) >= 11 is 6.25. The molecule has 1 N–H and O–H groups in total. The molecule has 11 nitrogen and oxygen atoms in total. The fourth-order valence-electron chi connectivity index (χ4n) is 4.08. The Labute approximate surface area is 230 Å². The molecule has 1 aliphatic heterocycles. The van der Waals surface area contributed by atoms with Crippen LogP contribution < -0.4 is 14.6 Å². The number of nitro groups is 1. The number of morpholine rings is 1. The lowest BCUT2D eigenvalue weighted by Gasteiger charge is -2.29. The second-order valence-corrected chi connectivity index (χ2v) is 10.9. The van der Waals surface area contributed by atoms with Crippen molar-refractivity contribution >= 4 is 50.8 Å². The van der Waals surface area contributed by atoms with Crippen molar-refractivity contribution in [1.29, 1.82) is 0 Å². The molecule has 204 valence electrons. The van der Waals surface area contributed by atoms with Crippen LogP contribution >= 0.6 is 11.6 Å². The molecular weight excluding hydrogens is 546 g/mol. The number of halogens is 1. The predicted molar refractivity (Wildman–Crippen MR) is 149 cm³/mol. The Balaban J connectivity index is 1.60. The van der Waals surface area contributed by atoms with E-state index in [4.69, 9.17) is 16.3 Å². The molecule has 1 amide bonds. The lowest BCUT2D eigenvalue weighted by molar-refractivity contribution is -0.384. The number of hydrazone groups is 1. The zero-order chi connectivity index (χ0) is 28.0. The number of carbonyl (C=O) groups excluding carboxylic acids is 1. The number of carbonyl (C=O) groups is 1. The Morgan fingerprint density at radius 3 is 2.56 bits per heavy atom. The van der Waals surface area contributed by atoms with Gasteiger partial charge in [0.15, 0.2) is 0 Å². The van der Waals surface area contributed by atoms with E-state index in [1.807, 2.05) is 4.90 Å². The van der Waals surface area contributed by atoms with E-state index in [1.54, 1.807) is 49.4 Å². The van der Waals surface area contributed by atoms with Gasteiger partial charge < -0.3 is 9.64 Å². The van der Waals surface area contributed by atoms with Crippen LogP contribution in [0.15, 0.2) is 76.7 Å². The lowest BCUT2D eigenvalue weighted by atomic mass is 10.1. The first kappa shape index (κ1) is 28.0. The van der Waals surface area contributed by atoms with Crippen molar-refractivity contribution in [1.82, 2.24) is 5.43 Å². The van der Waals surface area contributed by atoms with Crippen molar-refractivity contribution in [2.45, 2.75) is 11.8 Å². The van der Waals surface area contributed by atoms with Gasteiger partial charge in [0.05, 0.1) is 34.9 Å². The summed E-state index contributed by atoms with van der Waals surface area (Å²) in [4.78, 5) is 25.8. The number of nitro benzene ring substituents is 1. The molecule has 0 aliphatic carbocycles. The standard InChI is InChI=1S/C26H26ClN5O6S/c1-19-23(27)8-5-9-24(19)31(39(36,37)22-6-3-2-4-7-22)18-26(33)29-28-17-20-16-21(32(34)35)10-11-25(20)30-12-14-38-15-13-30/h2-11,16-17H,12-15,18H2,1H3,(H,29,33)/b28-17-. The second kappa shape index (κ2) is 12.2. The first-order chi connectivity index (χ1) is 18.7. The summed E-state index contributed by atoms with van der Waals surface area (Å²) < 4.78 is 33.4. The normalized spacial score (nSPS) is 13.8. The highest BCUT2D eigenvalue weighted by atomic mass is 35.5. The minimum Gasteiger partial charge on any atom is -0.378 e. The van der Waals surface area contributed by atoms with Crippen molar-refractivity contribution in [2.75, 3.05) is 42.1 Å². The second-order valence-electron chi connectivity index (χ2n) is 8.60. The number of non-ortho nitro benzene ring substituents is 1. The van der Waals surface area contributed by atoms with Gasteiger partial charge in [0.2, 0.25) is 0 Å². The van der Waals surface area contributed by atoms with Gasteiger partial charge in [-0.25, -0.2) is 13.8 Å². The largest absolute Gasteiger partial charge is 0.378 e. The Morgan fingerprint density at radius 2 is 1.87 bits per heavy atom. The van der Waals surface area contributed by atoms with E-state index in [1.165, 1.54) is 30.5 Å². The van der Waals surface area contributed by atoms with E-state index < -0.39 is 27.4 Å². The molecule has 0 radical (unpaired) electrons. The molecule has 0 saturated carbocycles. The molecule has 13 heteroatoms. The maximum absolute atomic E-state index is 13.5. The number of hydrogen-bond acceptors (Lipinski definition) is 8. The predicted octanol–water partition coefficient (Wildman–Crippen LogP) is 3.74. The van der Waals surface area contributed by atoms with Crippen LogP contribution in [0.5, 0.6) is 0 Å². The van der Waals surface area contributed by atoms with Crippen molar-refractivity contribution in [3.8, 4) is 0 Å².